The Morgan fingerprint density at radius 3 is 1.70 bits per heavy atom. The van der Waals surface area contributed by atoms with Gasteiger partial charge in [0.25, 0.3) is 6.33 Å². The molecule has 5 nitrogen and oxygen atoms in total. The van der Waals surface area contributed by atoms with Crippen LogP contribution in [-0.4, -0.2) is 14.1 Å². The Hall–Kier alpha value is -6.72. The highest BCUT2D eigenvalue weighted by Crippen LogP contribution is 2.41. The van der Waals surface area contributed by atoms with E-state index < -0.39 is 0 Å². The number of nitrogens with zero attached hydrogens (tertiary/aromatic N) is 4. The van der Waals surface area contributed by atoms with Crippen molar-refractivity contribution in [2.75, 3.05) is 0 Å². The lowest BCUT2D eigenvalue weighted by Crippen LogP contribution is -2.41. The normalized spacial score (nSPS) is 12.9. The predicted molar refractivity (Wildman–Crippen MR) is 278 cm³/mol. The highest BCUT2D eigenvalue weighted by atomic mass is 16.5. The molecule has 9 aromatic rings. The maximum Gasteiger partial charge on any atom is 0.269 e. The lowest BCUT2D eigenvalue weighted by molar-refractivity contribution is -0.611. The zero-order valence-electron chi connectivity index (χ0n) is 41.8. The van der Waals surface area contributed by atoms with E-state index in [4.69, 9.17) is 9.72 Å². The number of aromatic nitrogens is 4. The fourth-order valence-electron chi connectivity index (χ4n) is 9.77. The van der Waals surface area contributed by atoms with Crippen molar-refractivity contribution in [2.45, 2.75) is 117 Å². The second kappa shape index (κ2) is 16.6. The molecule has 5 heteroatoms. The number of hydrogen-bond donors (Lipinski definition) is 0. The van der Waals surface area contributed by atoms with Crippen LogP contribution in [0.5, 0.6) is 11.5 Å². The largest absolute Gasteiger partial charge is 0.458 e. The Kier molecular flexibility index (Phi) is 11.2. The minimum absolute atomic E-state index is 0.00516. The summed E-state index contributed by atoms with van der Waals surface area (Å²) >= 11 is 0. The number of rotatable bonds is 9. The second-order valence-corrected chi connectivity index (χ2v) is 22.5. The number of hydrogen-bond acceptors (Lipinski definition) is 2. The van der Waals surface area contributed by atoms with E-state index in [-0.39, 0.29) is 27.1 Å². The van der Waals surface area contributed by atoms with Gasteiger partial charge in [0.15, 0.2) is 0 Å². The third-order valence-corrected chi connectivity index (χ3v) is 13.7. The van der Waals surface area contributed by atoms with Crippen LogP contribution in [0, 0.1) is 6.33 Å². The van der Waals surface area contributed by atoms with Crippen LogP contribution in [0.4, 0.5) is 0 Å². The van der Waals surface area contributed by atoms with Gasteiger partial charge in [0.2, 0.25) is 0 Å². The monoisotopic (exact) mass is 883 g/mol. The van der Waals surface area contributed by atoms with E-state index in [0.717, 1.165) is 45.1 Å². The molecule has 0 amide bonds. The molecule has 0 saturated heterocycles. The van der Waals surface area contributed by atoms with Crippen molar-refractivity contribution in [3.05, 3.63) is 209 Å². The van der Waals surface area contributed by atoms with Gasteiger partial charge < -0.3 is 4.74 Å². The van der Waals surface area contributed by atoms with E-state index in [1.54, 1.807) is 0 Å². The maximum absolute atomic E-state index is 6.89. The van der Waals surface area contributed by atoms with E-state index in [1.165, 1.54) is 44.6 Å². The first kappa shape index (κ1) is 45.4. The number of ether oxygens (including phenoxy) is 1. The Bertz CT molecular complexity index is 3250. The molecule has 67 heavy (non-hydrogen) atoms. The van der Waals surface area contributed by atoms with Gasteiger partial charge >= 0.3 is 0 Å². The van der Waals surface area contributed by atoms with Gasteiger partial charge in [0, 0.05) is 33.9 Å². The van der Waals surface area contributed by atoms with Crippen LogP contribution in [0.1, 0.15) is 129 Å². The number of pyridine rings is 1. The number of imidazole rings is 1. The molecule has 0 saturated carbocycles. The molecule has 0 spiro atoms. The molecule has 0 aliphatic heterocycles. The summed E-state index contributed by atoms with van der Waals surface area (Å²) in [4.78, 5) is 5.04. The fourth-order valence-corrected chi connectivity index (χ4v) is 9.77. The van der Waals surface area contributed by atoms with E-state index in [1.807, 2.05) is 12.3 Å². The van der Waals surface area contributed by atoms with E-state index >= 15 is 0 Å². The summed E-state index contributed by atoms with van der Waals surface area (Å²) in [7, 11) is 0. The average molecular weight is 883 g/mol. The van der Waals surface area contributed by atoms with Gasteiger partial charge in [0.05, 0.1) is 33.8 Å². The third-order valence-electron chi connectivity index (χ3n) is 13.7. The SMILES string of the molecule is CC(C)(C)c1ccc2c(c1)c1ccc(Oc3cccc(-n4[c-][n+](-c5cccc(C(C)(C)c6ccccc6)c5)c(C(C)(C)C)c4C(C)(C)C)c3)cc1n2-c1cc(C(C)(C)c2ccccc2)ccn1. The molecule has 0 N–H and O–H groups in total. The van der Waals surface area contributed by atoms with Gasteiger partial charge in [-0.25, -0.2) is 4.98 Å². The van der Waals surface area contributed by atoms with Crippen molar-refractivity contribution in [3.8, 4) is 28.7 Å². The van der Waals surface area contributed by atoms with Gasteiger partial charge in [-0.1, -0.05) is 175 Å². The van der Waals surface area contributed by atoms with E-state index in [9.17, 15) is 0 Å². The predicted octanol–water partition coefficient (Wildman–Crippen LogP) is 15.4. The molecule has 0 fully saturated rings. The summed E-state index contributed by atoms with van der Waals surface area (Å²) in [6.45, 7) is 29.8. The van der Waals surface area contributed by atoms with Crippen LogP contribution in [0.15, 0.2) is 164 Å². The van der Waals surface area contributed by atoms with E-state index in [2.05, 4.69) is 262 Å². The summed E-state index contributed by atoms with van der Waals surface area (Å²) < 4.78 is 13.7. The molecule has 340 valence electrons. The molecule has 0 aliphatic rings. The van der Waals surface area contributed by atoms with Crippen molar-refractivity contribution < 1.29 is 9.30 Å². The molecule has 3 heterocycles. The molecule has 0 atom stereocenters. The van der Waals surface area contributed by atoms with Gasteiger partial charge in [-0.05, 0) is 111 Å². The molecule has 6 aromatic carbocycles. The molecule has 3 aromatic heterocycles. The number of benzene rings is 6. The van der Waals surface area contributed by atoms with Crippen molar-refractivity contribution in [2.24, 2.45) is 0 Å². The minimum atomic E-state index is -0.226. The third kappa shape index (κ3) is 8.50. The van der Waals surface area contributed by atoms with Gasteiger partial charge in [-0.3, -0.25) is 13.7 Å². The highest BCUT2D eigenvalue weighted by molar-refractivity contribution is 6.09. The first-order valence-electron chi connectivity index (χ1n) is 23.8. The summed E-state index contributed by atoms with van der Waals surface area (Å²) in [6, 6.07) is 56.7. The van der Waals surface area contributed by atoms with Crippen LogP contribution in [0.3, 0.4) is 0 Å². The topological polar surface area (TPSA) is 35.9 Å². The summed E-state index contributed by atoms with van der Waals surface area (Å²) in [5, 5.41) is 2.35. The summed E-state index contributed by atoms with van der Waals surface area (Å²) in [5.41, 5.74) is 12.1. The van der Waals surface area contributed by atoms with E-state index in [0.29, 0.717) is 0 Å². The smallest absolute Gasteiger partial charge is 0.269 e. The summed E-state index contributed by atoms with van der Waals surface area (Å²) in [5.74, 6) is 2.37. The van der Waals surface area contributed by atoms with Crippen molar-refractivity contribution in [3.63, 3.8) is 0 Å². The van der Waals surface area contributed by atoms with Crippen molar-refractivity contribution in [1.29, 1.82) is 0 Å². The summed E-state index contributed by atoms with van der Waals surface area (Å²) in [6.07, 6.45) is 5.83. The second-order valence-electron chi connectivity index (χ2n) is 22.5. The van der Waals surface area contributed by atoms with Gasteiger partial charge in [-0.2, -0.15) is 0 Å². The van der Waals surface area contributed by atoms with Crippen LogP contribution in [0.2, 0.25) is 0 Å². The average Bonchev–Trinajstić information content (AvgIpc) is 3.87. The van der Waals surface area contributed by atoms with Gasteiger partial charge in [0.1, 0.15) is 17.3 Å². The lowest BCUT2D eigenvalue weighted by Gasteiger charge is -2.30. The van der Waals surface area contributed by atoms with Crippen LogP contribution < -0.4 is 9.30 Å². The Labute approximate surface area is 398 Å². The zero-order chi connectivity index (χ0) is 47.7. The standard InChI is InChI=1S/C62H66N4O/c1-58(2,3)44-30-33-53-52(37-44)51-32-31-50(40-54(51)66(53)55-38-46(34-35-63-55)62(12,13)43-24-18-15-19-25-43)67-49-29-21-28-48(39-49)65-41-64(56(59(4,5)6)57(65)60(7,8)9)47-27-20-26-45(36-47)61(10,11)42-22-16-14-17-23-42/h14-40H,1-13H3. The Morgan fingerprint density at radius 1 is 0.463 bits per heavy atom. The molecular formula is C62H66N4O. The maximum atomic E-state index is 6.89. The zero-order valence-corrected chi connectivity index (χ0v) is 41.8. The number of fused-ring (bicyclic) bond motifs is 3. The molecule has 9 rings (SSSR count). The lowest BCUT2D eigenvalue weighted by atomic mass is 9.78. The molecule has 0 radical (unpaired) electrons. The first-order chi connectivity index (χ1) is 31.6. The van der Waals surface area contributed by atoms with Gasteiger partial charge in [-0.15, -0.1) is 0 Å². The highest BCUT2D eigenvalue weighted by Gasteiger charge is 2.35. The quantitative estimate of drug-likeness (QED) is 0.107. The molecule has 0 unspecified atom stereocenters. The first-order valence-corrected chi connectivity index (χ1v) is 23.8. The van der Waals surface area contributed by atoms with Crippen molar-refractivity contribution in [1.82, 2.24) is 14.1 Å². The Morgan fingerprint density at radius 2 is 1.07 bits per heavy atom. The molecule has 0 aliphatic carbocycles. The van der Waals surface area contributed by atoms with Crippen molar-refractivity contribution >= 4 is 21.8 Å². The minimum Gasteiger partial charge on any atom is -0.458 e. The molecular weight excluding hydrogens is 817 g/mol. The Balaban J connectivity index is 1.15. The van der Waals surface area contributed by atoms with Crippen LogP contribution >= 0.6 is 0 Å². The molecule has 0 bridgehead atoms. The van der Waals surface area contributed by atoms with Crippen LogP contribution in [-0.2, 0) is 27.1 Å². The van der Waals surface area contributed by atoms with Crippen LogP contribution in [0.25, 0.3) is 39.0 Å². The fraction of sp³-hybridized carbons (Fsp3) is 0.290.